The zero-order valence-electron chi connectivity index (χ0n) is 13.0. The van der Waals surface area contributed by atoms with Crippen LogP contribution in [-0.2, 0) is 13.5 Å². The van der Waals surface area contributed by atoms with Crippen molar-refractivity contribution in [3.8, 4) is 0 Å². The minimum atomic E-state index is -0.0825. The Kier molecular flexibility index (Phi) is 4.75. The summed E-state index contributed by atoms with van der Waals surface area (Å²) in [5.74, 6) is -0.0825. The minimum absolute atomic E-state index is 0.0825. The van der Waals surface area contributed by atoms with Crippen molar-refractivity contribution in [1.29, 1.82) is 0 Å². The molecule has 0 aliphatic carbocycles. The van der Waals surface area contributed by atoms with Gasteiger partial charge in [-0.15, -0.1) is 0 Å². The van der Waals surface area contributed by atoms with Gasteiger partial charge in [0.1, 0.15) is 0 Å². The van der Waals surface area contributed by atoms with Crippen molar-refractivity contribution in [2.75, 3.05) is 18.9 Å². The number of hydrogen-bond acceptors (Lipinski definition) is 3. The first-order valence-electron chi connectivity index (χ1n) is 7.08. The van der Waals surface area contributed by atoms with Crippen LogP contribution in [0, 0.1) is 13.8 Å². The molecule has 1 aromatic carbocycles. The van der Waals surface area contributed by atoms with Crippen LogP contribution in [0.5, 0.6) is 0 Å². The first-order valence-corrected chi connectivity index (χ1v) is 7.08. The average Bonchev–Trinajstić information content (AvgIpc) is 2.72. The standard InChI is InChI=1S/C16H22N4O/c1-11-15(12(2)20(4)19-11)18-16(21)14-8-6-5-7-13(14)9-10-17-3/h5-8,17H,9-10H2,1-4H3,(H,18,21). The Labute approximate surface area is 125 Å². The summed E-state index contributed by atoms with van der Waals surface area (Å²) in [6, 6.07) is 7.71. The predicted octanol–water partition coefficient (Wildman–Crippen LogP) is 2.05. The molecule has 0 aliphatic rings. The maximum Gasteiger partial charge on any atom is 0.256 e. The number of nitrogens with one attached hydrogen (secondary N) is 2. The molecule has 0 saturated carbocycles. The molecule has 1 aromatic heterocycles. The number of carbonyl (C=O) groups is 1. The Morgan fingerprint density at radius 2 is 2.00 bits per heavy atom. The van der Waals surface area contributed by atoms with E-state index in [9.17, 15) is 4.79 Å². The third-order valence-corrected chi connectivity index (χ3v) is 3.65. The molecule has 1 amide bonds. The van der Waals surface area contributed by atoms with Gasteiger partial charge in [-0.2, -0.15) is 5.10 Å². The van der Waals surface area contributed by atoms with E-state index in [0.29, 0.717) is 0 Å². The van der Waals surface area contributed by atoms with Gasteiger partial charge in [-0.3, -0.25) is 9.48 Å². The molecule has 2 N–H and O–H groups in total. The highest BCUT2D eigenvalue weighted by Gasteiger charge is 2.15. The summed E-state index contributed by atoms with van der Waals surface area (Å²) in [7, 11) is 3.78. The highest BCUT2D eigenvalue weighted by atomic mass is 16.1. The highest BCUT2D eigenvalue weighted by Crippen LogP contribution is 2.20. The van der Waals surface area contributed by atoms with Gasteiger partial charge in [0.15, 0.2) is 0 Å². The molecule has 0 atom stereocenters. The van der Waals surface area contributed by atoms with Crippen LogP contribution in [0.15, 0.2) is 24.3 Å². The summed E-state index contributed by atoms with van der Waals surface area (Å²) in [4.78, 5) is 12.5. The van der Waals surface area contributed by atoms with E-state index in [1.54, 1.807) is 4.68 Å². The van der Waals surface area contributed by atoms with Gasteiger partial charge in [0, 0.05) is 12.6 Å². The van der Waals surface area contributed by atoms with Crippen molar-refractivity contribution < 1.29 is 4.79 Å². The van der Waals surface area contributed by atoms with E-state index >= 15 is 0 Å². The Bertz CT molecular complexity index is 646. The van der Waals surface area contributed by atoms with E-state index in [-0.39, 0.29) is 5.91 Å². The fourth-order valence-electron chi connectivity index (χ4n) is 2.35. The molecule has 112 valence electrons. The molecule has 2 rings (SSSR count). The molecule has 0 bridgehead atoms. The Balaban J connectivity index is 2.24. The zero-order valence-corrected chi connectivity index (χ0v) is 13.0. The van der Waals surface area contributed by atoms with E-state index in [1.165, 1.54) is 0 Å². The summed E-state index contributed by atoms with van der Waals surface area (Å²) < 4.78 is 1.78. The third kappa shape index (κ3) is 3.31. The summed E-state index contributed by atoms with van der Waals surface area (Å²) in [5, 5.41) is 10.4. The molecule has 0 spiro atoms. The molecule has 0 radical (unpaired) electrons. The summed E-state index contributed by atoms with van der Waals surface area (Å²) in [6.45, 7) is 4.69. The second-order valence-electron chi connectivity index (χ2n) is 5.13. The van der Waals surface area contributed by atoms with Crippen molar-refractivity contribution in [2.45, 2.75) is 20.3 Å². The Hall–Kier alpha value is -2.14. The lowest BCUT2D eigenvalue weighted by molar-refractivity contribution is 0.102. The molecular formula is C16H22N4O. The largest absolute Gasteiger partial charge is 0.319 e. The number of likely N-dealkylation sites (N-methyl/N-ethyl adjacent to an activating group) is 1. The van der Waals surface area contributed by atoms with Gasteiger partial charge >= 0.3 is 0 Å². The fourth-order valence-corrected chi connectivity index (χ4v) is 2.35. The minimum Gasteiger partial charge on any atom is -0.319 e. The highest BCUT2D eigenvalue weighted by molar-refractivity contribution is 6.05. The molecule has 5 heteroatoms. The fraction of sp³-hybridized carbons (Fsp3) is 0.375. The second-order valence-corrected chi connectivity index (χ2v) is 5.13. The number of anilines is 1. The number of amides is 1. The average molecular weight is 286 g/mol. The van der Waals surface area contributed by atoms with E-state index < -0.39 is 0 Å². The molecule has 21 heavy (non-hydrogen) atoms. The maximum absolute atomic E-state index is 12.5. The van der Waals surface area contributed by atoms with E-state index in [1.807, 2.05) is 52.2 Å². The van der Waals surface area contributed by atoms with Crippen molar-refractivity contribution in [2.24, 2.45) is 7.05 Å². The number of aryl methyl sites for hydroxylation is 2. The molecule has 0 unspecified atom stereocenters. The lowest BCUT2D eigenvalue weighted by Crippen LogP contribution is -2.17. The SMILES string of the molecule is CNCCc1ccccc1C(=O)Nc1c(C)nn(C)c1C. The summed E-state index contributed by atoms with van der Waals surface area (Å²) in [6.07, 6.45) is 0.825. The predicted molar refractivity (Wildman–Crippen MR) is 84.7 cm³/mol. The smallest absolute Gasteiger partial charge is 0.256 e. The normalized spacial score (nSPS) is 10.7. The molecule has 0 fully saturated rings. The second kappa shape index (κ2) is 6.54. The van der Waals surface area contributed by atoms with Crippen molar-refractivity contribution >= 4 is 11.6 Å². The van der Waals surface area contributed by atoms with Crippen LogP contribution < -0.4 is 10.6 Å². The molecule has 1 heterocycles. The van der Waals surface area contributed by atoms with Crippen molar-refractivity contribution in [3.63, 3.8) is 0 Å². The van der Waals surface area contributed by atoms with Crippen LogP contribution in [0.4, 0.5) is 5.69 Å². The zero-order chi connectivity index (χ0) is 15.4. The summed E-state index contributed by atoms with van der Waals surface area (Å²) >= 11 is 0. The van der Waals surface area contributed by atoms with Gasteiger partial charge in [0.25, 0.3) is 5.91 Å². The molecule has 5 nitrogen and oxygen atoms in total. The van der Waals surface area contributed by atoms with Gasteiger partial charge in [0.2, 0.25) is 0 Å². The number of aromatic nitrogens is 2. The number of benzene rings is 1. The quantitative estimate of drug-likeness (QED) is 0.884. The van der Waals surface area contributed by atoms with Crippen LogP contribution in [0.2, 0.25) is 0 Å². The van der Waals surface area contributed by atoms with Crippen LogP contribution in [0.25, 0.3) is 0 Å². The van der Waals surface area contributed by atoms with Crippen LogP contribution in [-0.4, -0.2) is 29.3 Å². The number of carbonyl (C=O) groups excluding carboxylic acids is 1. The molecule has 0 aliphatic heterocycles. The Morgan fingerprint density at radius 1 is 1.29 bits per heavy atom. The van der Waals surface area contributed by atoms with E-state index in [0.717, 1.165) is 41.2 Å². The van der Waals surface area contributed by atoms with Gasteiger partial charge < -0.3 is 10.6 Å². The lowest BCUT2D eigenvalue weighted by Gasteiger charge is -2.10. The maximum atomic E-state index is 12.5. The van der Waals surface area contributed by atoms with Crippen LogP contribution in [0.3, 0.4) is 0 Å². The third-order valence-electron chi connectivity index (χ3n) is 3.65. The molecule has 2 aromatic rings. The van der Waals surface area contributed by atoms with E-state index in [2.05, 4.69) is 15.7 Å². The number of hydrogen-bond donors (Lipinski definition) is 2. The van der Waals surface area contributed by atoms with E-state index in [4.69, 9.17) is 0 Å². The summed E-state index contributed by atoms with van der Waals surface area (Å²) in [5.41, 5.74) is 4.34. The van der Waals surface area contributed by atoms with Gasteiger partial charge in [-0.05, 0) is 45.5 Å². The number of rotatable bonds is 5. The van der Waals surface area contributed by atoms with Crippen molar-refractivity contribution in [1.82, 2.24) is 15.1 Å². The first kappa shape index (κ1) is 15.3. The molecular weight excluding hydrogens is 264 g/mol. The first-order chi connectivity index (χ1) is 10.0. The van der Waals surface area contributed by atoms with Crippen LogP contribution >= 0.6 is 0 Å². The lowest BCUT2D eigenvalue weighted by atomic mass is 10.0. The van der Waals surface area contributed by atoms with Crippen molar-refractivity contribution in [3.05, 3.63) is 46.8 Å². The van der Waals surface area contributed by atoms with Crippen LogP contribution in [0.1, 0.15) is 27.3 Å². The van der Waals surface area contributed by atoms with Gasteiger partial charge in [-0.1, -0.05) is 18.2 Å². The Morgan fingerprint density at radius 3 is 2.62 bits per heavy atom. The monoisotopic (exact) mass is 286 g/mol. The van der Waals surface area contributed by atoms with Gasteiger partial charge in [-0.25, -0.2) is 0 Å². The van der Waals surface area contributed by atoms with Gasteiger partial charge in [0.05, 0.1) is 17.1 Å². The number of nitrogens with zero attached hydrogens (tertiary/aromatic N) is 2. The molecule has 0 saturated heterocycles. The topological polar surface area (TPSA) is 59.0 Å².